The zero-order valence-electron chi connectivity index (χ0n) is 9.59. The summed E-state index contributed by atoms with van der Waals surface area (Å²) in [6.07, 6.45) is 8.70. The number of piperidine rings is 1. The van der Waals surface area contributed by atoms with E-state index in [1.165, 1.54) is 25.8 Å². The van der Waals surface area contributed by atoms with Crippen LogP contribution < -0.4 is 5.32 Å². The van der Waals surface area contributed by atoms with Crippen molar-refractivity contribution in [2.45, 2.75) is 37.8 Å². The molecule has 80 valence electrons. The minimum atomic E-state index is 0.348. The maximum Gasteiger partial charge on any atom is 0.0458 e. The lowest BCUT2D eigenvalue weighted by atomic mass is 9.70. The minimum absolute atomic E-state index is 0.348. The zero-order valence-corrected chi connectivity index (χ0v) is 9.59. The van der Waals surface area contributed by atoms with Crippen LogP contribution in [0.25, 0.3) is 0 Å². The van der Waals surface area contributed by atoms with Crippen LogP contribution in [-0.4, -0.2) is 37.1 Å². The molecule has 0 spiro atoms. The number of nitrogens with one attached hydrogen (secondary N) is 1. The molecule has 0 amide bonds. The Bertz CT molecular complexity index is 236. The molecule has 2 heteroatoms. The van der Waals surface area contributed by atoms with E-state index in [1.54, 1.807) is 0 Å². The van der Waals surface area contributed by atoms with Gasteiger partial charge >= 0.3 is 0 Å². The zero-order chi connectivity index (χ0) is 10.2. The van der Waals surface area contributed by atoms with Crippen LogP contribution in [0.3, 0.4) is 0 Å². The third kappa shape index (κ3) is 1.41. The standard InChI is InChI=1S/C12H22N2/c1-4-7-12(13-2)8-10-5-6-11(12)14(3)9-10/h5-6,10-11,13H,4,7-9H2,1-3H3. The van der Waals surface area contributed by atoms with Gasteiger partial charge < -0.3 is 5.32 Å². The predicted octanol–water partition coefficient (Wildman–Crippen LogP) is 1.63. The molecule has 14 heavy (non-hydrogen) atoms. The Hall–Kier alpha value is -0.340. The topological polar surface area (TPSA) is 15.3 Å². The van der Waals surface area contributed by atoms with Crippen LogP contribution in [0.5, 0.6) is 0 Å². The maximum atomic E-state index is 3.59. The highest BCUT2D eigenvalue weighted by Gasteiger charge is 2.45. The Balaban J connectivity index is 2.23. The Labute approximate surface area is 87.4 Å². The van der Waals surface area contributed by atoms with Crippen LogP contribution in [0.2, 0.25) is 0 Å². The average Bonchev–Trinajstić information content (AvgIpc) is 2.18. The molecular weight excluding hydrogens is 172 g/mol. The first kappa shape index (κ1) is 10.2. The fourth-order valence-electron chi connectivity index (χ4n) is 3.35. The smallest absolute Gasteiger partial charge is 0.0458 e. The quantitative estimate of drug-likeness (QED) is 0.687. The van der Waals surface area contributed by atoms with Gasteiger partial charge in [-0.1, -0.05) is 25.5 Å². The molecule has 3 rings (SSSR count). The van der Waals surface area contributed by atoms with Crippen molar-refractivity contribution in [1.82, 2.24) is 10.2 Å². The molecule has 1 N–H and O–H groups in total. The van der Waals surface area contributed by atoms with Crippen molar-refractivity contribution in [3.8, 4) is 0 Å². The van der Waals surface area contributed by atoms with E-state index in [1.807, 2.05) is 0 Å². The van der Waals surface area contributed by atoms with Crippen molar-refractivity contribution in [3.05, 3.63) is 12.2 Å². The summed E-state index contributed by atoms with van der Waals surface area (Å²) in [6, 6.07) is 0.609. The summed E-state index contributed by atoms with van der Waals surface area (Å²) in [5.41, 5.74) is 0.348. The van der Waals surface area contributed by atoms with Gasteiger partial charge in [-0.2, -0.15) is 0 Å². The molecule has 3 aliphatic rings. The third-order valence-corrected chi connectivity index (χ3v) is 3.95. The highest BCUT2D eigenvalue weighted by atomic mass is 15.2. The lowest BCUT2D eigenvalue weighted by molar-refractivity contribution is 0.0571. The van der Waals surface area contributed by atoms with E-state index in [4.69, 9.17) is 0 Å². The summed E-state index contributed by atoms with van der Waals surface area (Å²) in [4.78, 5) is 2.50. The summed E-state index contributed by atoms with van der Waals surface area (Å²) in [5, 5.41) is 3.59. The number of hydrogen-bond donors (Lipinski definition) is 1. The van der Waals surface area contributed by atoms with E-state index in [9.17, 15) is 0 Å². The number of fused-ring (bicyclic) bond motifs is 2. The van der Waals surface area contributed by atoms with Crippen molar-refractivity contribution in [1.29, 1.82) is 0 Å². The summed E-state index contributed by atoms with van der Waals surface area (Å²) >= 11 is 0. The van der Waals surface area contributed by atoms with Gasteiger partial charge in [0.15, 0.2) is 0 Å². The number of likely N-dealkylation sites (N-methyl/N-ethyl adjacent to an activating group) is 2. The fourth-order valence-corrected chi connectivity index (χ4v) is 3.35. The Morgan fingerprint density at radius 1 is 1.50 bits per heavy atom. The first-order valence-electron chi connectivity index (χ1n) is 5.79. The van der Waals surface area contributed by atoms with Gasteiger partial charge in [-0.25, -0.2) is 0 Å². The average molecular weight is 194 g/mol. The van der Waals surface area contributed by atoms with Crippen LogP contribution in [0.4, 0.5) is 0 Å². The van der Waals surface area contributed by atoms with Gasteiger partial charge in [0.2, 0.25) is 0 Å². The molecule has 1 saturated heterocycles. The molecule has 0 radical (unpaired) electrons. The highest BCUT2D eigenvalue weighted by molar-refractivity contribution is 5.20. The molecular formula is C12H22N2. The van der Waals surface area contributed by atoms with Crippen molar-refractivity contribution >= 4 is 0 Å². The minimum Gasteiger partial charge on any atom is -0.313 e. The Kier molecular flexibility index (Phi) is 2.67. The monoisotopic (exact) mass is 194 g/mol. The van der Waals surface area contributed by atoms with E-state index in [0.717, 1.165) is 5.92 Å². The number of rotatable bonds is 3. The second-order valence-electron chi connectivity index (χ2n) is 4.89. The lowest BCUT2D eigenvalue weighted by Gasteiger charge is -2.53. The second-order valence-corrected chi connectivity index (χ2v) is 4.89. The van der Waals surface area contributed by atoms with Crippen molar-refractivity contribution in [2.24, 2.45) is 5.92 Å². The first-order valence-corrected chi connectivity index (χ1v) is 5.79. The van der Waals surface area contributed by atoms with Crippen molar-refractivity contribution < 1.29 is 0 Å². The van der Waals surface area contributed by atoms with Crippen LogP contribution in [0.15, 0.2) is 12.2 Å². The molecule has 2 nitrogen and oxygen atoms in total. The predicted molar refractivity (Wildman–Crippen MR) is 60.4 cm³/mol. The van der Waals surface area contributed by atoms with E-state index < -0.39 is 0 Å². The normalized spacial score (nSPS) is 41.9. The first-order chi connectivity index (χ1) is 6.72. The summed E-state index contributed by atoms with van der Waals surface area (Å²) in [5.74, 6) is 0.768. The molecule has 0 aromatic heterocycles. The summed E-state index contributed by atoms with van der Waals surface area (Å²) in [7, 11) is 4.38. The van der Waals surface area contributed by atoms with Crippen LogP contribution in [-0.2, 0) is 0 Å². The van der Waals surface area contributed by atoms with Gasteiger partial charge in [-0.15, -0.1) is 0 Å². The molecule has 2 heterocycles. The molecule has 0 saturated carbocycles. The second kappa shape index (κ2) is 3.67. The molecule has 3 atom stereocenters. The van der Waals surface area contributed by atoms with E-state index >= 15 is 0 Å². The molecule has 3 unspecified atom stereocenters. The lowest BCUT2D eigenvalue weighted by Crippen LogP contribution is -2.65. The molecule has 2 bridgehead atoms. The maximum absolute atomic E-state index is 3.59. The molecule has 2 aliphatic heterocycles. The largest absolute Gasteiger partial charge is 0.313 e. The van der Waals surface area contributed by atoms with Gasteiger partial charge in [0, 0.05) is 18.1 Å². The van der Waals surface area contributed by atoms with Gasteiger partial charge in [-0.05, 0) is 32.9 Å². The SMILES string of the molecule is CCCC1(NC)CC2C=CC1N(C)C2. The van der Waals surface area contributed by atoms with E-state index in [2.05, 4.69) is 43.4 Å². The van der Waals surface area contributed by atoms with Crippen LogP contribution in [0.1, 0.15) is 26.2 Å². The Morgan fingerprint density at radius 3 is 2.79 bits per heavy atom. The Morgan fingerprint density at radius 2 is 2.29 bits per heavy atom. The van der Waals surface area contributed by atoms with E-state index in [-0.39, 0.29) is 0 Å². The molecule has 1 fully saturated rings. The number of nitrogens with zero attached hydrogens (tertiary/aromatic N) is 1. The molecule has 1 aliphatic carbocycles. The third-order valence-electron chi connectivity index (χ3n) is 3.95. The summed E-state index contributed by atoms with van der Waals surface area (Å²) in [6.45, 7) is 3.53. The highest BCUT2D eigenvalue weighted by Crippen LogP contribution is 2.38. The van der Waals surface area contributed by atoms with E-state index in [0.29, 0.717) is 11.6 Å². The fraction of sp³-hybridized carbons (Fsp3) is 0.833. The summed E-state index contributed by atoms with van der Waals surface area (Å²) < 4.78 is 0. The van der Waals surface area contributed by atoms with Gasteiger partial charge in [0.1, 0.15) is 0 Å². The molecule has 0 aromatic rings. The number of hydrogen-bond acceptors (Lipinski definition) is 2. The van der Waals surface area contributed by atoms with Gasteiger partial charge in [0.25, 0.3) is 0 Å². The van der Waals surface area contributed by atoms with Crippen LogP contribution in [0, 0.1) is 5.92 Å². The van der Waals surface area contributed by atoms with Gasteiger partial charge in [0.05, 0.1) is 0 Å². The van der Waals surface area contributed by atoms with Gasteiger partial charge in [-0.3, -0.25) is 4.90 Å². The molecule has 0 aromatic carbocycles. The van der Waals surface area contributed by atoms with Crippen molar-refractivity contribution in [3.63, 3.8) is 0 Å². The van der Waals surface area contributed by atoms with Crippen molar-refractivity contribution in [2.75, 3.05) is 20.6 Å². The van der Waals surface area contributed by atoms with Crippen LogP contribution >= 0.6 is 0 Å².